The van der Waals surface area contributed by atoms with Crippen molar-refractivity contribution >= 4 is 5.91 Å². The molecule has 2 heterocycles. The second-order valence-corrected chi connectivity index (χ2v) is 4.78. The Bertz CT molecular complexity index is 275. The normalized spacial score (nSPS) is 32.5. The number of carbonyl (C=O) groups is 1. The molecular weight excluding hydrogens is 222 g/mol. The lowest BCUT2D eigenvalue weighted by atomic mass is 10.2. The summed E-state index contributed by atoms with van der Waals surface area (Å²) in [6, 6.07) is 0. The summed E-state index contributed by atoms with van der Waals surface area (Å²) in [6.07, 6.45) is -0.245. The molecule has 1 amide bonds. The zero-order valence-electron chi connectivity index (χ0n) is 10.3. The molecule has 0 saturated carbocycles. The van der Waals surface area contributed by atoms with Gasteiger partial charge in [0.05, 0.1) is 19.3 Å². The first kappa shape index (κ1) is 12.8. The van der Waals surface area contributed by atoms with Crippen LogP contribution < -0.4 is 5.73 Å². The third-order valence-corrected chi connectivity index (χ3v) is 3.27. The van der Waals surface area contributed by atoms with Crippen molar-refractivity contribution < 1.29 is 14.3 Å². The number of amides is 1. The van der Waals surface area contributed by atoms with Crippen molar-refractivity contribution in [3.05, 3.63) is 0 Å². The second kappa shape index (κ2) is 5.77. The molecule has 0 aliphatic carbocycles. The molecule has 0 bridgehead atoms. The number of nitrogens with zero attached hydrogens (tertiary/aromatic N) is 2. The third-order valence-electron chi connectivity index (χ3n) is 3.27. The smallest absolute Gasteiger partial charge is 0.247 e. The molecule has 0 radical (unpaired) electrons. The Morgan fingerprint density at radius 3 is 2.76 bits per heavy atom. The number of morpholine rings is 2. The highest BCUT2D eigenvalue weighted by Crippen LogP contribution is 2.09. The van der Waals surface area contributed by atoms with Crippen LogP contribution in [0.15, 0.2) is 0 Å². The number of likely N-dealkylation sites (N-methyl/N-ethyl adjacent to an activating group) is 1. The molecule has 1 unspecified atom stereocenters. The second-order valence-electron chi connectivity index (χ2n) is 4.78. The fraction of sp³-hybridized carbons (Fsp3) is 0.909. The molecule has 0 spiro atoms. The van der Waals surface area contributed by atoms with Gasteiger partial charge in [-0.25, -0.2) is 0 Å². The van der Waals surface area contributed by atoms with E-state index in [9.17, 15) is 4.79 Å². The van der Waals surface area contributed by atoms with Gasteiger partial charge in [-0.1, -0.05) is 0 Å². The Hall–Kier alpha value is -0.690. The molecule has 6 nitrogen and oxygen atoms in total. The third kappa shape index (κ3) is 3.64. The minimum Gasteiger partial charge on any atom is -0.374 e. The van der Waals surface area contributed by atoms with E-state index in [4.69, 9.17) is 15.2 Å². The van der Waals surface area contributed by atoms with Gasteiger partial charge in [0.2, 0.25) is 5.91 Å². The van der Waals surface area contributed by atoms with E-state index < -0.39 is 6.10 Å². The summed E-state index contributed by atoms with van der Waals surface area (Å²) in [5, 5.41) is 0. The maximum Gasteiger partial charge on any atom is 0.247 e. The van der Waals surface area contributed by atoms with Gasteiger partial charge >= 0.3 is 0 Å². The van der Waals surface area contributed by atoms with Crippen LogP contribution in [0, 0.1) is 0 Å². The molecule has 0 aromatic carbocycles. The van der Waals surface area contributed by atoms with Crippen molar-refractivity contribution in [2.24, 2.45) is 5.73 Å². The summed E-state index contributed by atoms with van der Waals surface area (Å²) in [5.41, 5.74) is 5.25. The first-order valence-corrected chi connectivity index (χ1v) is 6.08. The number of hydrogen-bond donors (Lipinski definition) is 1. The van der Waals surface area contributed by atoms with E-state index in [2.05, 4.69) is 16.8 Å². The van der Waals surface area contributed by atoms with Gasteiger partial charge in [0, 0.05) is 32.7 Å². The molecule has 6 heteroatoms. The van der Waals surface area contributed by atoms with Crippen LogP contribution in [0.4, 0.5) is 0 Å². The minimum absolute atomic E-state index is 0.223. The van der Waals surface area contributed by atoms with Gasteiger partial charge < -0.3 is 20.1 Å². The first-order chi connectivity index (χ1) is 8.15. The van der Waals surface area contributed by atoms with Gasteiger partial charge in [0.15, 0.2) is 0 Å². The molecule has 17 heavy (non-hydrogen) atoms. The maximum absolute atomic E-state index is 11.1. The lowest BCUT2D eigenvalue weighted by Gasteiger charge is -2.36. The maximum atomic E-state index is 11.1. The van der Waals surface area contributed by atoms with E-state index in [1.807, 2.05) is 0 Å². The quantitative estimate of drug-likeness (QED) is 0.653. The predicted molar refractivity (Wildman–Crippen MR) is 62.6 cm³/mol. The molecule has 2 aliphatic heterocycles. The number of hydrogen-bond acceptors (Lipinski definition) is 5. The van der Waals surface area contributed by atoms with E-state index >= 15 is 0 Å². The van der Waals surface area contributed by atoms with Gasteiger partial charge in [-0.3, -0.25) is 9.69 Å². The van der Waals surface area contributed by atoms with Crippen molar-refractivity contribution in [1.29, 1.82) is 0 Å². The summed E-state index contributed by atoms with van der Waals surface area (Å²) in [7, 11) is 2.10. The summed E-state index contributed by atoms with van der Waals surface area (Å²) >= 11 is 0. The Morgan fingerprint density at radius 1 is 1.29 bits per heavy atom. The highest BCUT2D eigenvalue weighted by atomic mass is 16.5. The predicted octanol–water partition coefficient (Wildman–Crippen LogP) is -1.50. The summed E-state index contributed by atoms with van der Waals surface area (Å²) in [6.45, 7) is 5.55. The van der Waals surface area contributed by atoms with Crippen LogP contribution >= 0.6 is 0 Å². The van der Waals surface area contributed by atoms with Crippen LogP contribution in [0.25, 0.3) is 0 Å². The monoisotopic (exact) mass is 243 g/mol. The Kier molecular flexibility index (Phi) is 4.33. The fourth-order valence-electron chi connectivity index (χ4n) is 2.31. The summed E-state index contributed by atoms with van der Waals surface area (Å²) < 4.78 is 11.0. The van der Waals surface area contributed by atoms with Crippen molar-refractivity contribution in [3.63, 3.8) is 0 Å². The van der Waals surface area contributed by atoms with Gasteiger partial charge in [0.25, 0.3) is 0 Å². The van der Waals surface area contributed by atoms with Gasteiger partial charge in [-0.2, -0.15) is 0 Å². The first-order valence-electron chi connectivity index (χ1n) is 6.08. The highest BCUT2D eigenvalue weighted by Gasteiger charge is 2.27. The minimum atomic E-state index is -0.468. The van der Waals surface area contributed by atoms with E-state index in [-0.39, 0.29) is 12.0 Å². The van der Waals surface area contributed by atoms with Crippen LogP contribution in [0.1, 0.15) is 0 Å². The van der Waals surface area contributed by atoms with Crippen molar-refractivity contribution in [1.82, 2.24) is 9.80 Å². The number of carbonyl (C=O) groups excluding carboxylic acids is 1. The van der Waals surface area contributed by atoms with E-state index in [0.717, 1.165) is 32.8 Å². The van der Waals surface area contributed by atoms with Crippen molar-refractivity contribution in [3.8, 4) is 0 Å². The summed E-state index contributed by atoms with van der Waals surface area (Å²) in [5.74, 6) is -0.378. The molecule has 2 saturated heterocycles. The zero-order valence-corrected chi connectivity index (χ0v) is 10.3. The van der Waals surface area contributed by atoms with E-state index in [0.29, 0.717) is 13.2 Å². The van der Waals surface area contributed by atoms with Crippen LogP contribution in [0.3, 0.4) is 0 Å². The number of rotatable bonds is 3. The molecule has 2 atom stereocenters. The molecule has 0 aromatic rings. The summed E-state index contributed by atoms with van der Waals surface area (Å²) in [4.78, 5) is 15.5. The lowest BCUT2D eigenvalue weighted by molar-refractivity contribution is -0.136. The van der Waals surface area contributed by atoms with Gasteiger partial charge in [0.1, 0.15) is 6.10 Å². The largest absolute Gasteiger partial charge is 0.374 e. The van der Waals surface area contributed by atoms with Gasteiger partial charge in [-0.05, 0) is 7.05 Å². The average molecular weight is 243 g/mol. The fourth-order valence-corrected chi connectivity index (χ4v) is 2.31. The standard InChI is InChI=1S/C11H21N3O3/c1-13-2-4-16-9(6-13)7-14-3-5-17-10(8-14)11(12)15/h9-10H,2-8H2,1H3,(H2,12,15)/t9-,10?/m0/s1. The number of primary amides is 1. The van der Waals surface area contributed by atoms with Crippen molar-refractivity contribution in [2.75, 3.05) is 53.0 Å². The molecule has 2 N–H and O–H groups in total. The molecule has 2 rings (SSSR count). The van der Waals surface area contributed by atoms with Crippen LogP contribution in [-0.2, 0) is 14.3 Å². The molecule has 98 valence electrons. The van der Waals surface area contributed by atoms with E-state index in [1.54, 1.807) is 0 Å². The molecule has 2 fully saturated rings. The zero-order chi connectivity index (χ0) is 12.3. The Balaban J connectivity index is 1.79. The van der Waals surface area contributed by atoms with Crippen LogP contribution in [0.5, 0.6) is 0 Å². The highest BCUT2D eigenvalue weighted by molar-refractivity contribution is 5.79. The molecular formula is C11H21N3O3. The average Bonchev–Trinajstić information content (AvgIpc) is 2.29. The number of nitrogens with two attached hydrogens (primary N) is 1. The van der Waals surface area contributed by atoms with Gasteiger partial charge in [-0.15, -0.1) is 0 Å². The lowest BCUT2D eigenvalue weighted by Crippen LogP contribution is -2.53. The Morgan fingerprint density at radius 2 is 2.06 bits per heavy atom. The van der Waals surface area contributed by atoms with Crippen LogP contribution in [0.2, 0.25) is 0 Å². The molecule has 2 aliphatic rings. The SMILES string of the molecule is CN1CCO[C@H](CN2CCOC(C(N)=O)C2)C1. The number of ether oxygens (including phenoxy) is 2. The van der Waals surface area contributed by atoms with Crippen molar-refractivity contribution in [2.45, 2.75) is 12.2 Å². The molecule has 0 aromatic heterocycles. The Labute approximate surface area is 102 Å². The topological polar surface area (TPSA) is 68.0 Å². The van der Waals surface area contributed by atoms with Crippen LogP contribution in [-0.4, -0.2) is 80.9 Å². The van der Waals surface area contributed by atoms with E-state index in [1.165, 1.54) is 0 Å².